The SMILES string of the molecule is COc1ccc(OC)c(-n2nnnc2SCc2noc(-c3ccc(Cl)cc3)n2)c1. The molecule has 0 aliphatic carbocycles. The molecule has 9 nitrogen and oxygen atoms in total. The molecular formula is C18H15ClN6O3S. The molecular weight excluding hydrogens is 416 g/mol. The Morgan fingerprint density at radius 2 is 1.93 bits per heavy atom. The number of hydrogen-bond donors (Lipinski definition) is 0. The highest BCUT2D eigenvalue weighted by atomic mass is 35.5. The lowest BCUT2D eigenvalue weighted by Crippen LogP contribution is -2.03. The Kier molecular flexibility index (Phi) is 5.63. The summed E-state index contributed by atoms with van der Waals surface area (Å²) in [7, 11) is 3.18. The summed E-state index contributed by atoms with van der Waals surface area (Å²) in [5.41, 5.74) is 1.46. The Hall–Kier alpha value is -3.11. The number of methoxy groups -OCH3 is 2. The molecule has 0 aliphatic rings. The van der Waals surface area contributed by atoms with Crippen LogP contribution in [0.2, 0.25) is 5.02 Å². The third-order valence-corrected chi connectivity index (χ3v) is 5.11. The van der Waals surface area contributed by atoms with E-state index in [1.54, 1.807) is 49.2 Å². The Morgan fingerprint density at radius 3 is 2.69 bits per heavy atom. The van der Waals surface area contributed by atoms with Crippen molar-refractivity contribution in [2.75, 3.05) is 14.2 Å². The summed E-state index contributed by atoms with van der Waals surface area (Å²) in [4.78, 5) is 4.41. The molecule has 29 heavy (non-hydrogen) atoms. The second-order valence-corrected chi connectivity index (χ2v) is 7.10. The number of hydrogen-bond acceptors (Lipinski definition) is 9. The quantitative estimate of drug-likeness (QED) is 0.406. The van der Waals surface area contributed by atoms with Crippen LogP contribution in [0.4, 0.5) is 0 Å². The second-order valence-electron chi connectivity index (χ2n) is 5.72. The van der Waals surface area contributed by atoms with E-state index in [1.165, 1.54) is 11.8 Å². The zero-order chi connectivity index (χ0) is 20.2. The molecule has 0 atom stereocenters. The van der Waals surface area contributed by atoms with Gasteiger partial charge in [-0.15, -0.1) is 5.10 Å². The minimum atomic E-state index is 0.420. The molecule has 0 spiro atoms. The molecule has 0 radical (unpaired) electrons. The van der Waals surface area contributed by atoms with E-state index in [4.69, 9.17) is 25.6 Å². The number of thioether (sulfide) groups is 1. The third kappa shape index (κ3) is 4.17. The summed E-state index contributed by atoms with van der Waals surface area (Å²) in [6.45, 7) is 0. The van der Waals surface area contributed by atoms with Crippen molar-refractivity contribution < 1.29 is 14.0 Å². The lowest BCUT2D eigenvalue weighted by atomic mass is 10.2. The molecule has 0 unspecified atom stereocenters. The van der Waals surface area contributed by atoms with E-state index in [9.17, 15) is 0 Å². The summed E-state index contributed by atoms with van der Waals surface area (Å²) < 4.78 is 17.6. The van der Waals surface area contributed by atoms with Crippen LogP contribution < -0.4 is 9.47 Å². The van der Waals surface area contributed by atoms with Crippen LogP contribution in [0, 0.1) is 0 Å². The lowest BCUT2D eigenvalue weighted by Gasteiger charge is -2.10. The lowest BCUT2D eigenvalue weighted by molar-refractivity contribution is 0.399. The van der Waals surface area contributed by atoms with Crippen LogP contribution in [0.25, 0.3) is 17.1 Å². The van der Waals surface area contributed by atoms with Gasteiger partial charge in [0.05, 0.1) is 20.0 Å². The summed E-state index contributed by atoms with van der Waals surface area (Å²) >= 11 is 7.28. The number of nitrogens with zero attached hydrogens (tertiary/aromatic N) is 6. The molecule has 4 aromatic rings. The van der Waals surface area contributed by atoms with Crippen LogP contribution >= 0.6 is 23.4 Å². The molecule has 0 N–H and O–H groups in total. The maximum absolute atomic E-state index is 5.91. The van der Waals surface area contributed by atoms with E-state index < -0.39 is 0 Å². The van der Waals surface area contributed by atoms with Crippen molar-refractivity contribution in [3.05, 3.63) is 53.3 Å². The van der Waals surface area contributed by atoms with Crippen LogP contribution in [0.3, 0.4) is 0 Å². The van der Waals surface area contributed by atoms with Gasteiger partial charge in [-0.3, -0.25) is 0 Å². The van der Waals surface area contributed by atoms with E-state index in [0.29, 0.717) is 44.8 Å². The number of benzene rings is 2. The number of aromatic nitrogens is 6. The molecule has 11 heteroatoms. The average molecular weight is 431 g/mol. The Morgan fingerprint density at radius 1 is 1.10 bits per heavy atom. The monoisotopic (exact) mass is 430 g/mol. The summed E-state index contributed by atoms with van der Waals surface area (Å²) in [6.07, 6.45) is 0. The summed E-state index contributed by atoms with van der Waals surface area (Å²) in [5.74, 6) is 2.64. The molecule has 0 amide bonds. The van der Waals surface area contributed by atoms with Gasteiger partial charge in [-0.1, -0.05) is 28.5 Å². The minimum absolute atomic E-state index is 0.420. The van der Waals surface area contributed by atoms with Crippen LogP contribution in [-0.4, -0.2) is 44.6 Å². The van der Waals surface area contributed by atoms with Crippen molar-refractivity contribution in [3.8, 4) is 28.6 Å². The van der Waals surface area contributed by atoms with Crippen molar-refractivity contribution in [3.63, 3.8) is 0 Å². The van der Waals surface area contributed by atoms with Gasteiger partial charge in [-0.05, 0) is 46.8 Å². The Balaban J connectivity index is 1.53. The number of ether oxygens (including phenoxy) is 2. The summed E-state index contributed by atoms with van der Waals surface area (Å²) in [5, 5.41) is 17.1. The predicted molar refractivity (Wildman–Crippen MR) is 107 cm³/mol. The van der Waals surface area contributed by atoms with Crippen molar-refractivity contribution in [1.82, 2.24) is 30.3 Å². The fourth-order valence-corrected chi connectivity index (χ4v) is 3.39. The predicted octanol–water partition coefficient (Wildman–Crippen LogP) is 3.68. The fraction of sp³-hybridized carbons (Fsp3) is 0.167. The van der Waals surface area contributed by atoms with Gasteiger partial charge in [0.2, 0.25) is 5.16 Å². The van der Waals surface area contributed by atoms with Gasteiger partial charge in [0.1, 0.15) is 17.2 Å². The number of rotatable bonds is 7. The summed E-state index contributed by atoms with van der Waals surface area (Å²) in [6, 6.07) is 12.6. The van der Waals surface area contributed by atoms with Crippen LogP contribution in [0.1, 0.15) is 5.82 Å². The molecule has 0 bridgehead atoms. The highest BCUT2D eigenvalue weighted by Crippen LogP contribution is 2.30. The first-order valence-electron chi connectivity index (χ1n) is 8.40. The molecule has 2 aromatic heterocycles. The van der Waals surface area contributed by atoms with Crippen LogP contribution in [-0.2, 0) is 5.75 Å². The molecule has 2 aromatic carbocycles. The topological polar surface area (TPSA) is 101 Å². The minimum Gasteiger partial charge on any atom is -0.497 e. The maximum Gasteiger partial charge on any atom is 0.257 e. The third-order valence-electron chi connectivity index (χ3n) is 3.94. The van der Waals surface area contributed by atoms with Crippen LogP contribution in [0.15, 0.2) is 52.1 Å². The van der Waals surface area contributed by atoms with E-state index >= 15 is 0 Å². The molecule has 0 saturated heterocycles. The van der Waals surface area contributed by atoms with E-state index in [2.05, 4.69) is 25.7 Å². The Bertz CT molecular complexity index is 1110. The van der Waals surface area contributed by atoms with Gasteiger partial charge in [-0.2, -0.15) is 9.67 Å². The van der Waals surface area contributed by atoms with Gasteiger partial charge in [0.15, 0.2) is 5.82 Å². The molecule has 0 fully saturated rings. The smallest absolute Gasteiger partial charge is 0.257 e. The number of halogens is 1. The molecule has 0 saturated carbocycles. The molecule has 0 aliphatic heterocycles. The van der Waals surface area contributed by atoms with E-state index in [1.807, 2.05) is 12.1 Å². The highest BCUT2D eigenvalue weighted by molar-refractivity contribution is 7.98. The van der Waals surface area contributed by atoms with Gasteiger partial charge in [0.25, 0.3) is 5.89 Å². The molecule has 4 rings (SSSR count). The largest absolute Gasteiger partial charge is 0.497 e. The highest BCUT2D eigenvalue weighted by Gasteiger charge is 2.16. The van der Waals surface area contributed by atoms with Crippen molar-refractivity contribution >= 4 is 23.4 Å². The van der Waals surface area contributed by atoms with Gasteiger partial charge < -0.3 is 14.0 Å². The molecule has 148 valence electrons. The average Bonchev–Trinajstić information content (AvgIpc) is 3.41. The fourth-order valence-electron chi connectivity index (χ4n) is 2.53. The van der Waals surface area contributed by atoms with Crippen molar-refractivity contribution in [2.24, 2.45) is 0 Å². The first-order chi connectivity index (χ1) is 14.2. The number of tetrazole rings is 1. The maximum atomic E-state index is 5.91. The van der Waals surface area contributed by atoms with Gasteiger partial charge in [0, 0.05) is 16.7 Å². The zero-order valence-corrected chi connectivity index (χ0v) is 17.0. The van der Waals surface area contributed by atoms with E-state index in [-0.39, 0.29) is 0 Å². The van der Waals surface area contributed by atoms with E-state index in [0.717, 1.165) is 5.56 Å². The van der Waals surface area contributed by atoms with Gasteiger partial charge in [-0.25, -0.2) is 0 Å². The first kappa shape index (κ1) is 19.2. The standard InChI is InChI=1S/C18H15ClN6O3S/c1-26-13-7-8-15(27-2)14(9-13)25-18(21-23-24-25)29-10-16-20-17(28-22-16)11-3-5-12(19)6-4-11/h3-9H,10H2,1-2H3. The Labute approximate surface area is 175 Å². The van der Waals surface area contributed by atoms with Crippen molar-refractivity contribution in [1.29, 1.82) is 0 Å². The second kappa shape index (κ2) is 8.50. The zero-order valence-electron chi connectivity index (χ0n) is 15.4. The molecule has 2 heterocycles. The van der Waals surface area contributed by atoms with Crippen LogP contribution in [0.5, 0.6) is 11.5 Å². The van der Waals surface area contributed by atoms with Gasteiger partial charge >= 0.3 is 0 Å². The first-order valence-corrected chi connectivity index (χ1v) is 9.76. The normalized spacial score (nSPS) is 10.9. The van der Waals surface area contributed by atoms with Crippen molar-refractivity contribution in [2.45, 2.75) is 10.9 Å².